The van der Waals surface area contributed by atoms with Gasteiger partial charge >= 0.3 is 0 Å². The van der Waals surface area contributed by atoms with Crippen LogP contribution in [0.3, 0.4) is 0 Å². The Morgan fingerprint density at radius 3 is 0.907 bits per heavy atom. The SMILES string of the molecule is Cc1cccc(-c2ccccc2)c1.Cc1cccc(-c2ccccc2)c1.Cc1ccccc1.Cc1ccccc1.Cc1ccccn1.Cc1cccnc1. The van der Waals surface area contributed by atoms with Crippen molar-refractivity contribution in [1.29, 1.82) is 0 Å². The molecule has 8 aromatic rings. The Morgan fingerprint density at radius 2 is 0.648 bits per heavy atom. The van der Waals surface area contributed by atoms with Gasteiger partial charge in [-0.3, -0.25) is 9.97 Å². The van der Waals surface area contributed by atoms with Crippen molar-refractivity contribution in [3.63, 3.8) is 0 Å². The van der Waals surface area contributed by atoms with Crippen LogP contribution in [0.25, 0.3) is 22.3 Å². The molecule has 272 valence electrons. The third-order valence-electron chi connectivity index (χ3n) is 7.75. The van der Waals surface area contributed by atoms with Crippen LogP contribution in [0.1, 0.15) is 33.5 Å². The molecule has 2 heterocycles. The molecule has 54 heavy (non-hydrogen) atoms. The summed E-state index contributed by atoms with van der Waals surface area (Å²) in [6.45, 7) is 12.4. The second-order valence-corrected chi connectivity index (χ2v) is 12.8. The molecule has 0 saturated carbocycles. The number of benzene rings is 6. The monoisotopic (exact) mass is 706 g/mol. The lowest BCUT2D eigenvalue weighted by atomic mass is 10.0. The summed E-state index contributed by atoms with van der Waals surface area (Å²) in [5.74, 6) is 0. The molecule has 0 aliphatic heterocycles. The van der Waals surface area contributed by atoms with Crippen LogP contribution in [0.15, 0.2) is 219 Å². The highest BCUT2D eigenvalue weighted by atomic mass is 14.6. The Kier molecular flexibility index (Phi) is 19.9. The molecule has 0 fully saturated rings. The fourth-order valence-corrected chi connectivity index (χ4v) is 4.88. The van der Waals surface area contributed by atoms with Crippen LogP contribution >= 0.6 is 0 Å². The van der Waals surface area contributed by atoms with Gasteiger partial charge in [0, 0.05) is 24.3 Å². The van der Waals surface area contributed by atoms with Crippen molar-refractivity contribution in [3.05, 3.63) is 252 Å². The maximum atomic E-state index is 3.98. The van der Waals surface area contributed by atoms with Crippen LogP contribution in [-0.2, 0) is 0 Å². The quantitative estimate of drug-likeness (QED) is 0.179. The summed E-state index contributed by atoms with van der Waals surface area (Å²) in [7, 11) is 0. The molecule has 0 atom stereocenters. The average Bonchev–Trinajstić information content (AvgIpc) is 3.21. The number of nitrogens with zero attached hydrogens (tertiary/aromatic N) is 2. The molecule has 0 bridgehead atoms. The minimum Gasteiger partial charge on any atom is -0.264 e. The molecule has 0 saturated heterocycles. The molecule has 2 heteroatoms. The van der Waals surface area contributed by atoms with E-state index in [-0.39, 0.29) is 0 Å². The molecule has 8 rings (SSSR count). The van der Waals surface area contributed by atoms with E-state index in [9.17, 15) is 0 Å². The Bertz CT molecular complexity index is 1850. The van der Waals surface area contributed by atoms with Crippen molar-refractivity contribution in [2.75, 3.05) is 0 Å². The first kappa shape index (κ1) is 42.0. The summed E-state index contributed by atoms with van der Waals surface area (Å²) in [4.78, 5) is 7.86. The van der Waals surface area contributed by atoms with E-state index in [1.54, 1.807) is 12.4 Å². The Balaban J connectivity index is 0.000000179. The fourth-order valence-electron chi connectivity index (χ4n) is 4.88. The summed E-state index contributed by atoms with van der Waals surface area (Å²) in [5.41, 5.74) is 12.7. The summed E-state index contributed by atoms with van der Waals surface area (Å²) < 4.78 is 0. The van der Waals surface area contributed by atoms with Gasteiger partial charge in [0.25, 0.3) is 0 Å². The molecule has 0 aliphatic rings. The summed E-state index contributed by atoms with van der Waals surface area (Å²) in [5, 5.41) is 0. The topological polar surface area (TPSA) is 25.8 Å². The van der Waals surface area contributed by atoms with Crippen LogP contribution in [0.4, 0.5) is 0 Å². The van der Waals surface area contributed by atoms with E-state index in [4.69, 9.17) is 0 Å². The molecule has 0 amide bonds. The number of hydrogen-bond acceptors (Lipinski definition) is 2. The third-order valence-corrected chi connectivity index (χ3v) is 7.75. The molecule has 0 N–H and O–H groups in total. The number of aryl methyl sites for hydroxylation is 6. The predicted octanol–water partition coefficient (Wildman–Crippen LogP) is 14.1. The highest BCUT2D eigenvalue weighted by molar-refractivity contribution is 5.64. The first-order valence-electron chi connectivity index (χ1n) is 18.3. The lowest BCUT2D eigenvalue weighted by Gasteiger charge is -2.01. The maximum absolute atomic E-state index is 3.98. The van der Waals surface area contributed by atoms with E-state index in [2.05, 4.69) is 159 Å². The summed E-state index contributed by atoms with van der Waals surface area (Å²) in [6, 6.07) is 68.3. The summed E-state index contributed by atoms with van der Waals surface area (Å²) in [6.07, 6.45) is 5.39. The molecule has 2 nitrogen and oxygen atoms in total. The van der Waals surface area contributed by atoms with Gasteiger partial charge in [-0.15, -0.1) is 0 Å². The van der Waals surface area contributed by atoms with Crippen LogP contribution in [0.2, 0.25) is 0 Å². The van der Waals surface area contributed by atoms with Gasteiger partial charge in [0.15, 0.2) is 0 Å². The number of hydrogen-bond donors (Lipinski definition) is 0. The zero-order valence-corrected chi connectivity index (χ0v) is 32.7. The van der Waals surface area contributed by atoms with Gasteiger partial charge in [-0.25, -0.2) is 0 Å². The lowest BCUT2D eigenvalue weighted by molar-refractivity contribution is 1.20. The normalized spacial score (nSPS) is 9.30. The highest BCUT2D eigenvalue weighted by Crippen LogP contribution is 2.20. The fraction of sp³-hybridized carbons (Fsp3) is 0.115. The van der Waals surface area contributed by atoms with Crippen molar-refractivity contribution >= 4 is 0 Å². The second-order valence-electron chi connectivity index (χ2n) is 12.8. The molecule has 0 radical (unpaired) electrons. The van der Waals surface area contributed by atoms with Crippen molar-refractivity contribution in [2.24, 2.45) is 0 Å². The molecular weight excluding hydrogens is 653 g/mol. The first-order chi connectivity index (χ1) is 26.3. The average molecular weight is 707 g/mol. The summed E-state index contributed by atoms with van der Waals surface area (Å²) >= 11 is 0. The van der Waals surface area contributed by atoms with Crippen LogP contribution < -0.4 is 0 Å². The van der Waals surface area contributed by atoms with Gasteiger partial charge in [0.2, 0.25) is 0 Å². The Hall–Kier alpha value is -6.38. The van der Waals surface area contributed by atoms with E-state index >= 15 is 0 Å². The van der Waals surface area contributed by atoms with Gasteiger partial charge in [-0.2, -0.15) is 0 Å². The van der Waals surface area contributed by atoms with Gasteiger partial charge < -0.3 is 0 Å². The van der Waals surface area contributed by atoms with Crippen molar-refractivity contribution in [1.82, 2.24) is 9.97 Å². The van der Waals surface area contributed by atoms with Gasteiger partial charge in [0.1, 0.15) is 0 Å². The zero-order chi connectivity index (χ0) is 38.6. The lowest BCUT2D eigenvalue weighted by Crippen LogP contribution is -1.77. The second kappa shape index (κ2) is 25.6. The molecular formula is C52H54N2. The molecule has 0 spiro atoms. The predicted molar refractivity (Wildman–Crippen MR) is 234 cm³/mol. The van der Waals surface area contributed by atoms with Gasteiger partial charge in [-0.1, -0.05) is 204 Å². The van der Waals surface area contributed by atoms with Crippen molar-refractivity contribution < 1.29 is 0 Å². The standard InChI is InChI=1S/2C13H12.2C7H8.2C6H7N/c2*1-11-6-5-9-13(10-11)12-7-3-2-4-8-12;2*1-7-5-3-2-4-6-7;1-6-3-2-4-7-5-6;1-6-4-2-3-5-7-6/h2*2-10H,1H3;2*2-6H,1H3;2*2-5H,1H3. The largest absolute Gasteiger partial charge is 0.264 e. The minimum atomic E-state index is 1.07. The number of aromatic nitrogens is 2. The zero-order valence-electron chi connectivity index (χ0n) is 32.7. The van der Waals surface area contributed by atoms with Crippen molar-refractivity contribution in [3.8, 4) is 22.3 Å². The minimum absolute atomic E-state index is 1.07. The van der Waals surface area contributed by atoms with Crippen molar-refractivity contribution in [2.45, 2.75) is 41.5 Å². The van der Waals surface area contributed by atoms with Crippen LogP contribution in [-0.4, -0.2) is 9.97 Å². The number of pyridine rings is 2. The van der Waals surface area contributed by atoms with Crippen LogP contribution in [0.5, 0.6) is 0 Å². The van der Waals surface area contributed by atoms with E-state index in [1.807, 2.05) is 98.9 Å². The first-order valence-corrected chi connectivity index (χ1v) is 18.3. The third kappa shape index (κ3) is 18.7. The van der Waals surface area contributed by atoms with Gasteiger partial charge in [0.05, 0.1) is 0 Å². The van der Waals surface area contributed by atoms with E-state index in [0.717, 1.165) is 5.69 Å². The van der Waals surface area contributed by atoms with Gasteiger partial charge in [-0.05, 0) is 87.6 Å². The molecule has 0 unspecified atom stereocenters. The van der Waals surface area contributed by atoms with E-state index < -0.39 is 0 Å². The smallest absolute Gasteiger partial charge is 0.0372 e. The highest BCUT2D eigenvalue weighted by Gasteiger charge is 1.95. The number of rotatable bonds is 2. The van der Waals surface area contributed by atoms with E-state index in [0.29, 0.717) is 0 Å². The van der Waals surface area contributed by atoms with E-state index in [1.165, 1.54) is 50.1 Å². The maximum Gasteiger partial charge on any atom is 0.0372 e. The molecule has 0 aliphatic carbocycles. The van der Waals surface area contributed by atoms with Crippen LogP contribution in [0, 0.1) is 41.5 Å². The Morgan fingerprint density at radius 1 is 0.278 bits per heavy atom. The molecule has 2 aromatic heterocycles. The molecule has 6 aromatic carbocycles. The Labute approximate surface area is 324 Å².